The van der Waals surface area contributed by atoms with E-state index in [-0.39, 0.29) is 18.2 Å². The van der Waals surface area contributed by atoms with Crippen molar-refractivity contribution >= 4 is 17.5 Å². The molecule has 1 aliphatic rings. The summed E-state index contributed by atoms with van der Waals surface area (Å²) in [6.07, 6.45) is 0.200. The van der Waals surface area contributed by atoms with Gasteiger partial charge in [0, 0.05) is 25.1 Å². The number of methoxy groups -OCH3 is 1. The van der Waals surface area contributed by atoms with Crippen LogP contribution in [0.25, 0.3) is 0 Å². The largest absolute Gasteiger partial charge is 0.496 e. The molecule has 6 nitrogen and oxygen atoms in total. The van der Waals surface area contributed by atoms with Gasteiger partial charge in [-0.1, -0.05) is 30.3 Å². The van der Waals surface area contributed by atoms with Gasteiger partial charge in [0.1, 0.15) is 11.5 Å². The molecule has 0 saturated carbocycles. The predicted molar refractivity (Wildman–Crippen MR) is 103 cm³/mol. The average Bonchev–Trinajstić information content (AvgIpc) is 2.66. The van der Waals surface area contributed by atoms with Crippen LogP contribution in [0, 0.1) is 0 Å². The van der Waals surface area contributed by atoms with Crippen molar-refractivity contribution in [2.75, 3.05) is 18.6 Å². The zero-order valence-electron chi connectivity index (χ0n) is 15.8. The minimum atomic E-state index is -0.956. The number of para-hydroxylation sites is 3. The summed E-state index contributed by atoms with van der Waals surface area (Å²) in [5, 5.41) is 2.88. The van der Waals surface area contributed by atoms with Crippen molar-refractivity contribution in [2.24, 2.45) is 0 Å². The van der Waals surface area contributed by atoms with Crippen molar-refractivity contribution in [1.82, 2.24) is 5.32 Å². The van der Waals surface area contributed by atoms with E-state index in [2.05, 4.69) is 5.32 Å². The fourth-order valence-electron chi connectivity index (χ4n) is 3.09. The molecule has 0 fully saturated rings. The molecule has 27 heavy (non-hydrogen) atoms. The quantitative estimate of drug-likeness (QED) is 0.851. The fourth-order valence-corrected chi connectivity index (χ4v) is 3.09. The molecule has 0 aliphatic carbocycles. The molecule has 0 radical (unpaired) electrons. The molecule has 142 valence electrons. The summed E-state index contributed by atoms with van der Waals surface area (Å²) in [7, 11) is 1.60. The molecule has 1 N–H and O–H groups in total. The Morgan fingerprint density at radius 3 is 2.63 bits per heavy atom. The van der Waals surface area contributed by atoms with E-state index >= 15 is 0 Å². The van der Waals surface area contributed by atoms with Crippen LogP contribution in [0.2, 0.25) is 0 Å². The lowest BCUT2D eigenvalue weighted by Crippen LogP contribution is -2.53. The molecule has 0 aromatic heterocycles. The van der Waals surface area contributed by atoms with Crippen LogP contribution in [0.4, 0.5) is 5.69 Å². The summed E-state index contributed by atoms with van der Waals surface area (Å²) in [5.74, 6) is 1.10. The number of benzene rings is 2. The maximum absolute atomic E-state index is 12.7. The van der Waals surface area contributed by atoms with Gasteiger partial charge in [-0.3, -0.25) is 9.59 Å². The number of fused-ring (bicyclic) bond motifs is 1. The van der Waals surface area contributed by atoms with E-state index < -0.39 is 5.60 Å². The molecule has 0 spiro atoms. The second-order valence-electron chi connectivity index (χ2n) is 6.88. The second kappa shape index (κ2) is 7.70. The first-order valence-electron chi connectivity index (χ1n) is 8.91. The third-order valence-electron chi connectivity index (χ3n) is 4.51. The van der Waals surface area contributed by atoms with Crippen molar-refractivity contribution in [3.05, 3.63) is 54.1 Å². The minimum Gasteiger partial charge on any atom is -0.496 e. The number of hydrogen-bond acceptors (Lipinski definition) is 4. The molecule has 2 amide bonds. The average molecular weight is 368 g/mol. The zero-order valence-corrected chi connectivity index (χ0v) is 15.8. The van der Waals surface area contributed by atoms with Crippen molar-refractivity contribution in [2.45, 2.75) is 32.4 Å². The second-order valence-corrected chi connectivity index (χ2v) is 6.88. The highest BCUT2D eigenvalue weighted by atomic mass is 16.5. The summed E-state index contributed by atoms with van der Waals surface area (Å²) in [4.78, 5) is 26.7. The van der Waals surface area contributed by atoms with Gasteiger partial charge < -0.3 is 19.7 Å². The van der Waals surface area contributed by atoms with Crippen LogP contribution in [-0.2, 0) is 16.1 Å². The summed E-state index contributed by atoms with van der Waals surface area (Å²) in [5.41, 5.74) is 0.643. The molecule has 3 rings (SSSR count). The first kappa shape index (κ1) is 18.8. The van der Waals surface area contributed by atoms with Gasteiger partial charge in [0.2, 0.25) is 5.91 Å². The third kappa shape index (κ3) is 4.05. The monoisotopic (exact) mass is 368 g/mol. The lowest BCUT2D eigenvalue weighted by atomic mass is 10.0. The van der Waals surface area contributed by atoms with Gasteiger partial charge in [0.05, 0.1) is 12.8 Å². The van der Waals surface area contributed by atoms with E-state index in [1.807, 2.05) is 48.5 Å². The van der Waals surface area contributed by atoms with Crippen LogP contribution in [0.5, 0.6) is 11.5 Å². The molecule has 1 aliphatic heterocycles. The van der Waals surface area contributed by atoms with Gasteiger partial charge in [-0.05, 0) is 32.0 Å². The maximum atomic E-state index is 12.7. The van der Waals surface area contributed by atoms with E-state index in [1.165, 1.54) is 0 Å². The first-order valence-corrected chi connectivity index (χ1v) is 8.91. The molecule has 6 heteroatoms. The number of hydrogen-bond donors (Lipinski definition) is 1. The van der Waals surface area contributed by atoms with Gasteiger partial charge in [0.15, 0.2) is 5.60 Å². The summed E-state index contributed by atoms with van der Waals surface area (Å²) in [6.45, 7) is 4.14. The molecular weight excluding hydrogens is 344 g/mol. The van der Waals surface area contributed by atoms with Gasteiger partial charge in [-0.25, -0.2) is 0 Å². The molecule has 2 aromatic carbocycles. The Balaban J connectivity index is 1.63. The molecule has 2 aromatic rings. The van der Waals surface area contributed by atoms with Gasteiger partial charge in [0.25, 0.3) is 5.91 Å². The number of carbonyl (C=O) groups excluding carboxylic acids is 2. The van der Waals surface area contributed by atoms with Gasteiger partial charge >= 0.3 is 0 Å². The highest BCUT2D eigenvalue weighted by Crippen LogP contribution is 2.37. The lowest BCUT2D eigenvalue weighted by molar-refractivity contribution is -0.132. The molecular formula is C21H24N2O4. The number of amides is 2. The maximum Gasteiger partial charge on any atom is 0.270 e. The van der Waals surface area contributed by atoms with Crippen LogP contribution in [0.1, 0.15) is 25.8 Å². The molecule has 0 atom stereocenters. The fraction of sp³-hybridized carbons (Fsp3) is 0.333. The van der Waals surface area contributed by atoms with E-state index in [4.69, 9.17) is 9.47 Å². The molecule has 0 unspecified atom stereocenters. The number of ether oxygens (including phenoxy) is 2. The van der Waals surface area contributed by atoms with Crippen LogP contribution in [-0.4, -0.2) is 31.1 Å². The van der Waals surface area contributed by atoms with E-state index in [1.54, 1.807) is 25.9 Å². The number of rotatable bonds is 6. The Kier molecular flexibility index (Phi) is 5.35. The number of nitrogens with zero attached hydrogens (tertiary/aromatic N) is 1. The summed E-state index contributed by atoms with van der Waals surface area (Å²) in [6, 6.07) is 14.9. The zero-order chi connectivity index (χ0) is 19.4. The highest BCUT2D eigenvalue weighted by molar-refractivity contribution is 6.02. The third-order valence-corrected chi connectivity index (χ3v) is 4.51. The first-order chi connectivity index (χ1) is 12.9. The van der Waals surface area contributed by atoms with Gasteiger partial charge in [-0.15, -0.1) is 0 Å². The molecule has 0 bridgehead atoms. The highest BCUT2D eigenvalue weighted by Gasteiger charge is 2.40. The Bertz CT molecular complexity index is 848. The molecule has 0 saturated heterocycles. The Hall–Kier alpha value is -3.02. The SMILES string of the molecule is COc1ccccc1CNC(=O)CCN1C(=O)C(C)(C)Oc2ccccc21. The van der Waals surface area contributed by atoms with Crippen LogP contribution < -0.4 is 19.7 Å². The van der Waals surface area contributed by atoms with Crippen LogP contribution in [0.15, 0.2) is 48.5 Å². The van der Waals surface area contributed by atoms with Gasteiger partial charge in [-0.2, -0.15) is 0 Å². The Labute approximate surface area is 159 Å². The Morgan fingerprint density at radius 1 is 1.15 bits per heavy atom. The molecule has 1 heterocycles. The van der Waals surface area contributed by atoms with E-state index in [9.17, 15) is 9.59 Å². The number of carbonyl (C=O) groups is 2. The topological polar surface area (TPSA) is 67.9 Å². The number of nitrogens with one attached hydrogen (secondary N) is 1. The normalized spacial score (nSPS) is 14.9. The van der Waals surface area contributed by atoms with Crippen LogP contribution >= 0.6 is 0 Å². The van der Waals surface area contributed by atoms with Crippen molar-refractivity contribution in [1.29, 1.82) is 0 Å². The van der Waals surface area contributed by atoms with Crippen LogP contribution in [0.3, 0.4) is 0 Å². The summed E-state index contributed by atoms with van der Waals surface area (Å²) < 4.78 is 11.1. The van der Waals surface area contributed by atoms with Crippen molar-refractivity contribution < 1.29 is 19.1 Å². The van der Waals surface area contributed by atoms with Crippen molar-refractivity contribution in [3.63, 3.8) is 0 Å². The summed E-state index contributed by atoms with van der Waals surface area (Å²) >= 11 is 0. The Morgan fingerprint density at radius 2 is 1.85 bits per heavy atom. The van der Waals surface area contributed by atoms with Crippen molar-refractivity contribution in [3.8, 4) is 11.5 Å². The van der Waals surface area contributed by atoms with E-state index in [0.717, 1.165) is 11.3 Å². The van der Waals surface area contributed by atoms with E-state index in [0.29, 0.717) is 24.5 Å². The lowest BCUT2D eigenvalue weighted by Gasteiger charge is -2.38. The smallest absolute Gasteiger partial charge is 0.270 e. The minimum absolute atomic E-state index is 0.129. The standard InChI is InChI=1S/C21H24N2O4/c1-21(2)20(25)23(16-9-5-7-11-18(16)27-21)13-12-19(24)22-14-15-8-4-6-10-17(15)26-3/h4-11H,12-14H2,1-3H3,(H,22,24). The predicted octanol–water partition coefficient (Wildman–Crippen LogP) is 2.91. The number of anilines is 1.